The molecular weight excluding hydrogens is 314 g/mol. The van der Waals surface area contributed by atoms with Crippen molar-refractivity contribution in [2.24, 2.45) is 0 Å². The molecule has 0 amide bonds. The molecule has 0 radical (unpaired) electrons. The second-order valence-electron chi connectivity index (χ2n) is 4.80. The highest BCUT2D eigenvalue weighted by molar-refractivity contribution is 9.10. The van der Waals surface area contributed by atoms with E-state index < -0.39 is 0 Å². The minimum Gasteiger partial charge on any atom is -0.372 e. The first-order chi connectivity index (χ1) is 9.67. The van der Waals surface area contributed by atoms with Crippen LogP contribution in [0.15, 0.2) is 41.0 Å². The van der Waals surface area contributed by atoms with Gasteiger partial charge in [0.2, 0.25) is 0 Å². The fourth-order valence-corrected chi connectivity index (χ4v) is 3.02. The van der Waals surface area contributed by atoms with E-state index in [4.69, 9.17) is 4.98 Å². The number of nitrogens with one attached hydrogen (secondary N) is 1. The summed E-state index contributed by atoms with van der Waals surface area (Å²) in [5, 5.41) is 3.11. The van der Waals surface area contributed by atoms with Gasteiger partial charge >= 0.3 is 0 Å². The summed E-state index contributed by atoms with van der Waals surface area (Å²) in [5.41, 5.74) is 1.14. The van der Waals surface area contributed by atoms with Gasteiger partial charge in [0.15, 0.2) is 0 Å². The maximum Gasteiger partial charge on any atom is 0.143 e. The normalized spacial score (nSPS) is 11.4. The van der Waals surface area contributed by atoms with Crippen LogP contribution in [0.2, 0.25) is 0 Å². The lowest BCUT2D eigenvalue weighted by molar-refractivity contribution is 0.449. The fraction of sp³-hybridized carbons (Fsp3) is 0.375. The van der Waals surface area contributed by atoms with Crippen LogP contribution >= 0.6 is 15.9 Å². The zero-order chi connectivity index (χ0) is 14.6. The fourth-order valence-electron chi connectivity index (χ4n) is 2.63. The lowest BCUT2D eigenvalue weighted by Gasteiger charge is -2.31. The molecule has 20 heavy (non-hydrogen) atoms. The van der Waals surface area contributed by atoms with Crippen molar-refractivity contribution >= 4 is 21.7 Å². The monoisotopic (exact) mass is 333 g/mol. The Labute approximate surface area is 129 Å². The van der Waals surface area contributed by atoms with Gasteiger partial charge in [0.05, 0.1) is 9.89 Å². The van der Waals surface area contributed by atoms with Crippen LogP contribution in [0.5, 0.6) is 0 Å². The summed E-state index contributed by atoms with van der Waals surface area (Å²) in [6, 6.07) is 10.5. The molecule has 0 unspecified atom stereocenters. The maximum absolute atomic E-state index is 4.71. The third-order valence-corrected chi connectivity index (χ3v) is 4.52. The minimum atomic E-state index is -0.131. The van der Waals surface area contributed by atoms with Gasteiger partial charge in [-0.15, -0.1) is 0 Å². The molecule has 1 aromatic carbocycles. The van der Waals surface area contributed by atoms with Gasteiger partial charge in [0.1, 0.15) is 11.6 Å². The number of halogens is 1. The highest BCUT2D eigenvalue weighted by atomic mass is 79.9. The minimum absolute atomic E-state index is 0.131. The Balaban J connectivity index is 2.59. The van der Waals surface area contributed by atoms with Gasteiger partial charge in [-0.25, -0.2) is 9.97 Å². The van der Waals surface area contributed by atoms with Crippen molar-refractivity contribution in [3.8, 4) is 0 Å². The molecule has 1 heterocycles. The van der Waals surface area contributed by atoms with Crippen LogP contribution in [-0.2, 0) is 5.41 Å². The number of benzene rings is 1. The first-order valence-corrected chi connectivity index (χ1v) is 7.73. The summed E-state index contributed by atoms with van der Waals surface area (Å²) < 4.78 is 0.887. The molecule has 0 spiro atoms. The van der Waals surface area contributed by atoms with Crippen LogP contribution in [0.4, 0.5) is 5.82 Å². The Kier molecular flexibility index (Phi) is 4.76. The lowest BCUT2D eigenvalue weighted by Crippen LogP contribution is -2.29. The molecule has 0 atom stereocenters. The third kappa shape index (κ3) is 2.57. The van der Waals surface area contributed by atoms with E-state index in [1.165, 1.54) is 5.56 Å². The van der Waals surface area contributed by atoms with Gasteiger partial charge < -0.3 is 5.32 Å². The Bertz CT molecular complexity index is 565. The molecule has 1 aromatic heterocycles. The van der Waals surface area contributed by atoms with E-state index in [0.717, 1.165) is 29.0 Å². The summed E-state index contributed by atoms with van der Waals surface area (Å²) in [5.74, 6) is 1.71. The van der Waals surface area contributed by atoms with Crippen molar-refractivity contribution in [1.82, 2.24) is 9.97 Å². The Morgan fingerprint density at radius 1 is 1.15 bits per heavy atom. The number of anilines is 1. The highest BCUT2D eigenvalue weighted by Crippen LogP contribution is 2.37. The Morgan fingerprint density at radius 3 is 2.35 bits per heavy atom. The van der Waals surface area contributed by atoms with Gasteiger partial charge in [-0.2, -0.15) is 0 Å². The molecule has 0 aliphatic heterocycles. The second-order valence-corrected chi connectivity index (χ2v) is 5.65. The van der Waals surface area contributed by atoms with E-state index in [9.17, 15) is 0 Å². The second kappa shape index (κ2) is 6.35. The van der Waals surface area contributed by atoms with Crippen molar-refractivity contribution in [2.45, 2.75) is 32.1 Å². The van der Waals surface area contributed by atoms with Gasteiger partial charge in [-0.3, -0.25) is 0 Å². The molecule has 0 fully saturated rings. The first-order valence-electron chi connectivity index (χ1n) is 6.94. The zero-order valence-corrected chi connectivity index (χ0v) is 13.7. The van der Waals surface area contributed by atoms with E-state index in [2.05, 4.69) is 64.3 Å². The summed E-state index contributed by atoms with van der Waals surface area (Å²) in [6.07, 6.45) is 3.77. The average Bonchev–Trinajstić information content (AvgIpc) is 2.51. The Hall–Kier alpha value is -1.42. The van der Waals surface area contributed by atoms with Crippen molar-refractivity contribution in [3.05, 3.63) is 52.4 Å². The molecule has 0 saturated heterocycles. The molecule has 2 aromatic rings. The molecule has 1 N–H and O–H groups in total. The molecule has 0 saturated carbocycles. The molecule has 3 nitrogen and oxygen atoms in total. The van der Waals surface area contributed by atoms with Crippen molar-refractivity contribution in [2.75, 3.05) is 12.4 Å². The van der Waals surface area contributed by atoms with E-state index >= 15 is 0 Å². The smallest absolute Gasteiger partial charge is 0.143 e. The van der Waals surface area contributed by atoms with Crippen LogP contribution in [0.25, 0.3) is 0 Å². The van der Waals surface area contributed by atoms with Crippen molar-refractivity contribution < 1.29 is 0 Å². The highest BCUT2D eigenvalue weighted by Gasteiger charge is 2.33. The van der Waals surface area contributed by atoms with Gasteiger partial charge in [0.25, 0.3) is 0 Å². The molecule has 2 rings (SSSR count). The number of hydrogen-bond donors (Lipinski definition) is 1. The van der Waals surface area contributed by atoms with Crippen LogP contribution in [-0.4, -0.2) is 17.0 Å². The molecule has 0 bridgehead atoms. The third-order valence-electron chi connectivity index (χ3n) is 3.94. The first kappa shape index (κ1) is 15.0. The molecule has 0 aliphatic rings. The SMILES string of the molecule is CCC(CC)(c1ccccc1)c1ncc(Br)c(NC)n1. The van der Waals surface area contributed by atoms with E-state index in [1.54, 1.807) is 0 Å². The number of rotatable bonds is 5. The van der Waals surface area contributed by atoms with E-state index in [0.29, 0.717) is 0 Å². The Morgan fingerprint density at radius 2 is 1.80 bits per heavy atom. The summed E-state index contributed by atoms with van der Waals surface area (Å²) >= 11 is 3.47. The van der Waals surface area contributed by atoms with Gasteiger partial charge in [0, 0.05) is 13.2 Å². The summed E-state index contributed by atoms with van der Waals surface area (Å²) in [4.78, 5) is 9.29. The number of hydrogen-bond acceptors (Lipinski definition) is 3. The van der Waals surface area contributed by atoms with E-state index in [-0.39, 0.29) is 5.41 Å². The van der Waals surface area contributed by atoms with Crippen LogP contribution in [0, 0.1) is 0 Å². The predicted octanol–water partition coefficient (Wildman–Crippen LogP) is 4.39. The lowest BCUT2D eigenvalue weighted by atomic mass is 9.75. The quantitative estimate of drug-likeness (QED) is 0.881. The van der Waals surface area contributed by atoms with Gasteiger partial charge in [-0.1, -0.05) is 44.2 Å². The maximum atomic E-state index is 4.71. The largest absolute Gasteiger partial charge is 0.372 e. The van der Waals surface area contributed by atoms with Crippen LogP contribution in [0.1, 0.15) is 38.1 Å². The summed E-state index contributed by atoms with van der Waals surface area (Å²) in [7, 11) is 1.87. The zero-order valence-electron chi connectivity index (χ0n) is 12.2. The van der Waals surface area contributed by atoms with Crippen molar-refractivity contribution in [1.29, 1.82) is 0 Å². The van der Waals surface area contributed by atoms with E-state index in [1.807, 2.05) is 19.3 Å². The average molecular weight is 334 g/mol. The van der Waals surface area contributed by atoms with Crippen molar-refractivity contribution in [3.63, 3.8) is 0 Å². The molecular formula is C16H20BrN3. The molecule has 0 aliphatic carbocycles. The van der Waals surface area contributed by atoms with Gasteiger partial charge in [-0.05, 0) is 34.3 Å². The molecule has 4 heteroatoms. The topological polar surface area (TPSA) is 37.8 Å². The number of aromatic nitrogens is 2. The standard InChI is InChI=1S/C16H20BrN3/c1-4-16(5-2,12-9-7-6-8-10-12)15-19-11-13(17)14(18-3)20-15/h6-11H,4-5H2,1-3H3,(H,18,19,20). The molecule has 106 valence electrons. The van der Waals surface area contributed by atoms with Crippen LogP contribution in [0.3, 0.4) is 0 Å². The predicted molar refractivity (Wildman–Crippen MR) is 87.1 cm³/mol. The van der Waals surface area contributed by atoms with Crippen LogP contribution < -0.4 is 5.32 Å². The summed E-state index contributed by atoms with van der Waals surface area (Å²) in [6.45, 7) is 4.39. The number of nitrogens with zero attached hydrogens (tertiary/aromatic N) is 2.